The van der Waals surface area contributed by atoms with Crippen molar-refractivity contribution >= 4 is 5.91 Å². The summed E-state index contributed by atoms with van der Waals surface area (Å²) in [6.07, 6.45) is 1.06. The molecule has 1 amide bonds. The lowest BCUT2D eigenvalue weighted by Gasteiger charge is -2.28. The van der Waals surface area contributed by atoms with Crippen LogP contribution >= 0.6 is 0 Å². The van der Waals surface area contributed by atoms with Crippen LogP contribution in [0.3, 0.4) is 0 Å². The molecule has 0 unspecified atom stereocenters. The number of hydrogen-bond acceptors (Lipinski definition) is 4. The Bertz CT molecular complexity index is 663. The number of hydrogen-bond donors (Lipinski definition) is 2. The Morgan fingerprint density at radius 3 is 2.90 bits per heavy atom. The summed E-state index contributed by atoms with van der Waals surface area (Å²) >= 11 is 0. The summed E-state index contributed by atoms with van der Waals surface area (Å²) in [6, 6.07) is 10.3. The van der Waals surface area contributed by atoms with Gasteiger partial charge in [-0.15, -0.1) is 0 Å². The maximum absolute atomic E-state index is 11.5. The van der Waals surface area contributed by atoms with Crippen LogP contribution < -0.4 is 11.3 Å². The van der Waals surface area contributed by atoms with E-state index in [9.17, 15) is 4.79 Å². The molecule has 3 N–H and O–H groups in total. The molecule has 5 nitrogen and oxygen atoms in total. The topological polar surface area (TPSA) is 71.5 Å². The second-order valence-electron chi connectivity index (χ2n) is 5.39. The first kappa shape index (κ1) is 13.9. The highest BCUT2D eigenvalue weighted by atomic mass is 16.4. The number of nitrogens with two attached hydrogens (primary N) is 1. The largest absolute Gasteiger partial charge is 0.456 e. The normalized spacial score (nSPS) is 14.8. The van der Waals surface area contributed by atoms with Crippen molar-refractivity contribution in [3.05, 3.63) is 58.5 Å². The Morgan fingerprint density at radius 2 is 2.14 bits per heavy atom. The Hall–Kier alpha value is -2.11. The molecule has 2 heterocycles. The van der Waals surface area contributed by atoms with E-state index in [0.717, 1.165) is 37.4 Å². The summed E-state index contributed by atoms with van der Waals surface area (Å²) in [5.74, 6) is 5.77. The van der Waals surface area contributed by atoms with Gasteiger partial charge in [0.25, 0.3) is 0 Å². The lowest BCUT2D eigenvalue weighted by molar-refractivity contribution is 0.0924. The highest BCUT2D eigenvalue weighted by Gasteiger charge is 2.19. The fraction of sp³-hybridized carbons (Fsp3) is 0.312. The van der Waals surface area contributed by atoms with Crippen molar-refractivity contribution < 1.29 is 9.21 Å². The maximum atomic E-state index is 11.5. The van der Waals surface area contributed by atoms with E-state index in [1.54, 1.807) is 6.07 Å². The van der Waals surface area contributed by atoms with Gasteiger partial charge in [-0.05, 0) is 30.5 Å². The molecule has 0 saturated heterocycles. The van der Waals surface area contributed by atoms with Crippen molar-refractivity contribution in [3.8, 4) is 0 Å². The quantitative estimate of drug-likeness (QED) is 0.512. The first-order chi connectivity index (χ1) is 10.2. The third kappa shape index (κ3) is 2.84. The van der Waals surface area contributed by atoms with Gasteiger partial charge in [-0.3, -0.25) is 15.1 Å². The lowest BCUT2D eigenvalue weighted by Crippen LogP contribution is -2.30. The molecule has 1 aromatic heterocycles. The van der Waals surface area contributed by atoms with Crippen LogP contribution in [0.5, 0.6) is 0 Å². The van der Waals surface area contributed by atoms with Crippen LogP contribution in [0.1, 0.15) is 33.0 Å². The summed E-state index contributed by atoms with van der Waals surface area (Å²) in [5, 5.41) is 0. The number of aryl methyl sites for hydroxylation is 1. The Morgan fingerprint density at radius 1 is 1.38 bits per heavy atom. The molecule has 0 radical (unpaired) electrons. The minimum absolute atomic E-state index is 0.266. The molecule has 0 saturated carbocycles. The molecule has 0 fully saturated rings. The van der Waals surface area contributed by atoms with Crippen LogP contribution in [0.2, 0.25) is 0 Å². The molecule has 2 aromatic rings. The van der Waals surface area contributed by atoms with Gasteiger partial charge in [0, 0.05) is 25.2 Å². The van der Waals surface area contributed by atoms with Crippen molar-refractivity contribution in [2.24, 2.45) is 5.84 Å². The monoisotopic (exact) mass is 285 g/mol. The molecule has 1 aliphatic rings. The third-order valence-electron chi connectivity index (χ3n) is 3.98. The van der Waals surface area contributed by atoms with Crippen LogP contribution in [0.15, 0.2) is 34.7 Å². The van der Waals surface area contributed by atoms with E-state index in [1.807, 2.05) is 6.92 Å². The number of hydrazine groups is 1. The summed E-state index contributed by atoms with van der Waals surface area (Å²) in [4.78, 5) is 13.9. The van der Waals surface area contributed by atoms with Crippen molar-refractivity contribution in [2.75, 3.05) is 6.54 Å². The number of benzene rings is 1. The summed E-state index contributed by atoms with van der Waals surface area (Å²) in [7, 11) is 0. The standard InChI is InChI=1S/C16H19N3O2/c1-11-14(8-15(21-11)16(20)18-17)10-19-7-6-12-4-2-3-5-13(12)9-19/h2-5,8H,6-7,9-10,17H2,1H3,(H,18,20). The van der Waals surface area contributed by atoms with Crippen molar-refractivity contribution in [1.82, 2.24) is 10.3 Å². The van der Waals surface area contributed by atoms with Gasteiger partial charge in [0.15, 0.2) is 5.76 Å². The van der Waals surface area contributed by atoms with E-state index in [2.05, 4.69) is 34.6 Å². The Labute approximate surface area is 123 Å². The number of fused-ring (bicyclic) bond motifs is 1. The predicted octanol–water partition coefficient (Wildman–Crippen LogP) is 1.75. The van der Waals surface area contributed by atoms with E-state index < -0.39 is 5.91 Å². The zero-order valence-electron chi connectivity index (χ0n) is 12.1. The molecule has 1 aliphatic heterocycles. The molecule has 5 heteroatoms. The van der Waals surface area contributed by atoms with Crippen LogP contribution in [0.4, 0.5) is 0 Å². The van der Waals surface area contributed by atoms with Gasteiger partial charge in [-0.25, -0.2) is 5.84 Å². The Balaban J connectivity index is 1.73. The summed E-state index contributed by atoms with van der Waals surface area (Å²) < 4.78 is 5.46. The number of amides is 1. The molecular weight excluding hydrogens is 266 g/mol. The zero-order chi connectivity index (χ0) is 14.8. The van der Waals surface area contributed by atoms with Gasteiger partial charge in [0.05, 0.1) is 0 Å². The van der Waals surface area contributed by atoms with Crippen molar-refractivity contribution in [3.63, 3.8) is 0 Å². The molecule has 0 aliphatic carbocycles. The van der Waals surface area contributed by atoms with E-state index in [-0.39, 0.29) is 5.76 Å². The minimum Gasteiger partial charge on any atom is -0.456 e. The highest BCUT2D eigenvalue weighted by Crippen LogP contribution is 2.22. The second-order valence-corrected chi connectivity index (χ2v) is 5.39. The zero-order valence-corrected chi connectivity index (χ0v) is 12.1. The Kier molecular flexibility index (Phi) is 3.77. The van der Waals surface area contributed by atoms with Gasteiger partial charge in [-0.1, -0.05) is 24.3 Å². The first-order valence-electron chi connectivity index (χ1n) is 7.07. The van der Waals surface area contributed by atoms with Gasteiger partial charge in [0.1, 0.15) is 5.76 Å². The molecule has 21 heavy (non-hydrogen) atoms. The van der Waals surface area contributed by atoms with Gasteiger partial charge >= 0.3 is 5.91 Å². The number of nitrogens with zero attached hydrogens (tertiary/aromatic N) is 1. The van der Waals surface area contributed by atoms with Crippen molar-refractivity contribution in [1.29, 1.82) is 0 Å². The molecule has 0 bridgehead atoms. The van der Waals surface area contributed by atoms with Crippen LogP contribution in [-0.2, 0) is 19.5 Å². The van der Waals surface area contributed by atoms with E-state index in [1.165, 1.54) is 11.1 Å². The SMILES string of the molecule is Cc1oc(C(=O)NN)cc1CN1CCc2ccccc2C1. The average Bonchev–Trinajstić information content (AvgIpc) is 2.87. The number of furan rings is 1. The van der Waals surface area contributed by atoms with E-state index in [4.69, 9.17) is 10.3 Å². The number of carbonyl (C=O) groups is 1. The fourth-order valence-corrected chi connectivity index (χ4v) is 2.79. The second kappa shape index (κ2) is 5.71. The maximum Gasteiger partial charge on any atom is 0.300 e. The van der Waals surface area contributed by atoms with Gasteiger partial charge < -0.3 is 4.42 Å². The minimum atomic E-state index is -0.395. The average molecular weight is 285 g/mol. The third-order valence-corrected chi connectivity index (χ3v) is 3.98. The summed E-state index contributed by atoms with van der Waals surface area (Å²) in [6.45, 7) is 4.60. The van der Waals surface area contributed by atoms with Crippen LogP contribution in [-0.4, -0.2) is 17.4 Å². The van der Waals surface area contributed by atoms with Gasteiger partial charge in [-0.2, -0.15) is 0 Å². The highest BCUT2D eigenvalue weighted by molar-refractivity contribution is 5.91. The molecule has 3 rings (SSSR count). The lowest BCUT2D eigenvalue weighted by atomic mass is 9.99. The molecule has 0 spiro atoms. The molecule has 0 atom stereocenters. The number of rotatable bonds is 3. The smallest absolute Gasteiger partial charge is 0.300 e. The molecule has 1 aromatic carbocycles. The molecular formula is C16H19N3O2. The van der Waals surface area contributed by atoms with Crippen LogP contribution in [0.25, 0.3) is 0 Å². The van der Waals surface area contributed by atoms with Gasteiger partial charge in [0.2, 0.25) is 0 Å². The fourth-order valence-electron chi connectivity index (χ4n) is 2.79. The van der Waals surface area contributed by atoms with E-state index >= 15 is 0 Å². The number of nitrogen functional groups attached to an aromatic ring is 1. The number of carbonyl (C=O) groups excluding carboxylic acids is 1. The summed E-state index contributed by atoms with van der Waals surface area (Å²) in [5.41, 5.74) is 5.94. The first-order valence-corrected chi connectivity index (χ1v) is 7.07. The van der Waals surface area contributed by atoms with E-state index in [0.29, 0.717) is 0 Å². The van der Waals surface area contributed by atoms with Crippen LogP contribution in [0, 0.1) is 6.92 Å². The molecule has 110 valence electrons. The predicted molar refractivity (Wildman–Crippen MR) is 79.4 cm³/mol. The van der Waals surface area contributed by atoms with Crippen molar-refractivity contribution in [2.45, 2.75) is 26.4 Å². The number of nitrogens with one attached hydrogen (secondary N) is 1.